The average molecular weight is 237 g/mol. The van der Waals surface area contributed by atoms with Crippen molar-refractivity contribution in [2.24, 2.45) is 0 Å². The Bertz CT molecular complexity index is 455. The van der Waals surface area contributed by atoms with Crippen LogP contribution in [0.1, 0.15) is 15.9 Å². The van der Waals surface area contributed by atoms with Crippen LogP contribution >= 0.6 is 0 Å². The molecule has 0 saturated carbocycles. The molecule has 0 unspecified atom stereocenters. The molecule has 0 bridgehead atoms. The van der Waals surface area contributed by atoms with Crippen molar-refractivity contribution in [1.29, 1.82) is 0 Å². The molecule has 3 N–H and O–H groups in total. The summed E-state index contributed by atoms with van der Waals surface area (Å²) in [5.74, 6) is -2.95. The van der Waals surface area contributed by atoms with Crippen LogP contribution in [0.5, 0.6) is 0 Å². The lowest BCUT2D eigenvalue weighted by Gasteiger charge is -2.12. The van der Waals surface area contributed by atoms with Gasteiger partial charge >= 0.3 is 11.9 Å². The van der Waals surface area contributed by atoms with E-state index in [1.54, 1.807) is 6.92 Å². The lowest BCUT2D eigenvalue weighted by molar-refractivity contribution is -0.148. The maximum Gasteiger partial charge on any atom is 0.337 e. The van der Waals surface area contributed by atoms with Crippen molar-refractivity contribution < 1.29 is 24.6 Å². The SMILES string of the molecule is Cc1cc(NC(C(=O)O)C(=O)O)ccc1C=O. The molecule has 0 saturated heterocycles. The number of carboxylic acid groups (broad SMARTS) is 2. The fraction of sp³-hybridized carbons (Fsp3) is 0.182. The van der Waals surface area contributed by atoms with Crippen LogP contribution in [0, 0.1) is 6.92 Å². The molecule has 0 radical (unpaired) electrons. The van der Waals surface area contributed by atoms with E-state index >= 15 is 0 Å². The molecule has 6 heteroatoms. The van der Waals surface area contributed by atoms with Gasteiger partial charge in [-0.25, -0.2) is 9.59 Å². The third kappa shape index (κ3) is 3.04. The first kappa shape index (κ1) is 12.7. The van der Waals surface area contributed by atoms with Crippen molar-refractivity contribution in [2.75, 3.05) is 5.32 Å². The summed E-state index contributed by atoms with van der Waals surface area (Å²) in [5.41, 5.74) is 1.44. The molecule has 17 heavy (non-hydrogen) atoms. The van der Waals surface area contributed by atoms with Crippen molar-refractivity contribution in [1.82, 2.24) is 0 Å². The number of aliphatic carboxylic acids is 2. The van der Waals surface area contributed by atoms with Gasteiger partial charge in [0.25, 0.3) is 0 Å². The molecule has 0 amide bonds. The van der Waals surface area contributed by atoms with Gasteiger partial charge in [0.05, 0.1) is 0 Å². The van der Waals surface area contributed by atoms with Gasteiger partial charge < -0.3 is 15.5 Å². The van der Waals surface area contributed by atoms with E-state index in [2.05, 4.69) is 5.32 Å². The van der Waals surface area contributed by atoms with E-state index in [1.807, 2.05) is 0 Å². The maximum atomic E-state index is 10.7. The van der Waals surface area contributed by atoms with Crippen LogP contribution in [-0.4, -0.2) is 34.5 Å². The zero-order chi connectivity index (χ0) is 13.0. The Morgan fingerprint density at radius 2 is 1.88 bits per heavy atom. The molecule has 1 rings (SSSR count). The first-order chi connectivity index (χ1) is 7.95. The van der Waals surface area contributed by atoms with Crippen LogP contribution in [0.3, 0.4) is 0 Å². The van der Waals surface area contributed by atoms with Gasteiger partial charge in [0.2, 0.25) is 6.04 Å². The van der Waals surface area contributed by atoms with E-state index in [0.717, 1.165) is 0 Å². The Kier molecular flexibility index (Phi) is 3.82. The highest BCUT2D eigenvalue weighted by Gasteiger charge is 2.25. The summed E-state index contributed by atoms with van der Waals surface area (Å²) < 4.78 is 0. The van der Waals surface area contributed by atoms with Crippen LogP contribution < -0.4 is 5.32 Å². The van der Waals surface area contributed by atoms with Gasteiger partial charge in [-0.15, -0.1) is 0 Å². The Morgan fingerprint density at radius 1 is 1.29 bits per heavy atom. The lowest BCUT2D eigenvalue weighted by Crippen LogP contribution is -2.37. The molecular weight excluding hydrogens is 226 g/mol. The summed E-state index contributed by atoms with van der Waals surface area (Å²) in [5, 5.41) is 19.7. The minimum Gasteiger partial charge on any atom is -0.479 e. The number of anilines is 1. The first-order valence-corrected chi connectivity index (χ1v) is 4.73. The van der Waals surface area contributed by atoms with E-state index in [9.17, 15) is 14.4 Å². The van der Waals surface area contributed by atoms with E-state index in [1.165, 1.54) is 18.2 Å². The predicted molar refractivity (Wildman–Crippen MR) is 59.2 cm³/mol. The minimum atomic E-state index is -1.71. The quantitative estimate of drug-likeness (QED) is 0.516. The van der Waals surface area contributed by atoms with Crippen LogP contribution in [0.4, 0.5) is 5.69 Å². The number of aldehydes is 1. The zero-order valence-electron chi connectivity index (χ0n) is 9.01. The highest BCUT2D eigenvalue weighted by Crippen LogP contribution is 2.14. The van der Waals surface area contributed by atoms with Crippen molar-refractivity contribution in [3.05, 3.63) is 29.3 Å². The maximum absolute atomic E-state index is 10.7. The Balaban J connectivity index is 2.94. The normalized spacial score (nSPS) is 10.0. The van der Waals surface area contributed by atoms with Crippen molar-refractivity contribution in [3.63, 3.8) is 0 Å². The molecule has 0 aromatic heterocycles. The standard InChI is InChI=1S/C11H11NO5/c1-6-4-8(3-2-7(6)5-13)12-9(10(14)15)11(16)17/h2-5,9,12H,1H3,(H,14,15)(H,16,17). The number of carboxylic acids is 2. The summed E-state index contributed by atoms with van der Waals surface area (Å²) in [6, 6.07) is 2.75. The van der Waals surface area contributed by atoms with Crippen molar-refractivity contribution >= 4 is 23.9 Å². The Labute approximate surface area is 96.9 Å². The lowest BCUT2D eigenvalue weighted by atomic mass is 10.1. The Morgan fingerprint density at radius 3 is 2.29 bits per heavy atom. The number of nitrogens with one attached hydrogen (secondary N) is 1. The second kappa shape index (κ2) is 5.11. The summed E-state index contributed by atoms with van der Waals surface area (Å²) >= 11 is 0. The number of hydrogen-bond acceptors (Lipinski definition) is 4. The minimum absolute atomic E-state index is 0.336. The number of rotatable bonds is 5. The van der Waals surface area contributed by atoms with Gasteiger partial charge in [-0.05, 0) is 30.7 Å². The second-order valence-electron chi connectivity index (χ2n) is 3.44. The van der Waals surface area contributed by atoms with Gasteiger partial charge in [-0.3, -0.25) is 4.79 Å². The van der Waals surface area contributed by atoms with Crippen molar-refractivity contribution in [3.8, 4) is 0 Å². The van der Waals surface area contributed by atoms with E-state index in [0.29, 0.717) is 23.1 Å². The summed E-state index contributed by atoms with van der Waals surface area (Å²) in [7, 11) is 0. The van der Waals surface area contributed by atoms with Gasteiger partial charge in [0, 0.05) is 11.3 Å². The van der Waals surface area contributed by atoms with Crippen LogP contribution in [-0.2, 0) is 9.59 Å². The zero-order valence-corrected chi connectivity index (χ0v) is 9.01. The van der Waals surface area contributed by atoms with Crippen LogP contribution in [0.25, 0.3) is 0 Å². The smallest absolute Gasteiger partial charge is 0.337 e. The average Bonchev–Trinajstić information content (AvgIpc) is 2.25. The molecular formula is C11H11NO5. The van der Waals surface area contributed by atoms with E-state index in [-0.39, 0.29) is 0 Å². The highest BCUT2D eigenvalue weighted by molar-refractivity contribution is 6.00. The monoisotopic (exact) mass is 237 g/mol. The van der Waals surface area contributed by atoms with Gasteiger partial charge in [-0.1, -0.05) is 0 Å². The number of carbonyl (C=O) groups excluding carboxylic acids is 1. The molecule has 90 valence electrons. The van der Waals surface area contributed by atoms with Gasteiger partial charge in [-0.2, -0.15) is 0 Å². The highest BCUT2D eigenvalue weighted by atomic mass is 16.4. The third-order valence-electron chi connectivity index (χ3n) is 2.20. The molecule has 0 aliphatic heterocycles. The molecule has 0 spiro atoms. The van der Waals surface area contributed by atoms with Gasteiger partial charge in [0.1, 0.15) is 6.29 Å². The molecule has 0 atom stereocenters. The number of carbonyl (C=O) groups is 3. The molecule has 1 aromatic rings. The molecule has 0 aliphatic carbocycles. The van der Waals surface area contributed by atoms with E-state index < -0.39 is 18.0 Å². The Hall–Kier alpha value is -2.37. The topological polar surface area (TPSA) is 104 Å². The summed E-state index contributed by atoms with van der Waals surface area (Å²) in [4.78, 5) is 31.9. The predicted octanol–water partition coefficient (Wildman–Crippen LogP) is 0.757. The molecule has 0 aliphatic rings. The summed E-state index contributed by atoms with van der Waals surface area (Å²) in [6.45, 7) is 1.67. The van der Waals surface area contributed by atoms with Crippen LogP contribution in [0.2, 0.25) is 0 Å². The van der Waals surface area contributed by atoms with Crippen LogP contribution in [0.15, 0.2) is 18.2 Å². The fourth-order valence-electron chi connectivity index (χ4n) is 1.29. The van der Waals surface area contributed by atoms with Gasteiger partial charge in [0.15, 0.2) is 0 Å². The summed E-state index contributed by atoms with van der Waals surface area (Å²) in [6.07, 6.45) is 0.672. The molecule has 6 nitrogen and oxygen atoms in total. The molecule has 1 aromatic carbocycles. The largest absolute Gasteiger partial charge is 0.479 e. The van der Waals surface area contributed by atoms with Crippen molar-refractivity contribution in [2.45, 2.75) is 13.0 Å². The number of benzene rings is 1. The third-order valence-corrected chi connectivity index (χ3v) is 2.20. The number of aryl methyl sites for hydroxylation is 1. The second-order valence-corrected chi connectivity index (χ2v) is 3.44. The van der Waals surface area contributed by atoms with E-state index in [4.69, 9.17) is 10.2 Å². The first-order valence-electron chi connectivity index (χ1n) is 4.73. The molecule has 0 heterocycles. The fourth-order valence-corrected chi connectivity index (χ4v) is 1.29. The number of hydrogen-bond donors (Lipinski definition) is 3. The molecule has 0 fully saturated rings.